The van der Waals surface area contributed by atoms with Crippen molar-refractivity contribution in [1.82, 2.24) is 25.5 Å². The first-order valence-electron chi connectivity index (χ1n) is 6.69. The molecule has 1 fully saturated rings. The standard InChI is InChI=1S/C12H23N5/c1-4-13-10(2)11-14-15-16-17(11)12(3)8-6-5-7-9-12/h10,13H,4-9H2,1-3H3. The van der Waals surface area contributed by atoms with E-state index in [1.54, 1.807) is 0 Å². The molecule has 1 saturated carbocycles. The minimum Gasteiger partial charge on any atom is -0.308 e. The Morgan fingerprint density at radius 3 is 2.71 bits per heavy atom. The van der Waals surface area contributed by atoms with E-state index in [2.05, 4.69) is 46.3 Å². The van der Waals surface area contributed by atoms with Gasteiger partial charge in [0.1, 0.15) is 0 Å². The first-order valence-corrected chi connectivity index (χ1v) is 6.69. The van der Waals surface area contributed by atoms with Crippen molar-refractivity contribution in [3.05, 3.63) is 5.82 Å². The zero-order valence-corrected chi connectivity index (χ0v) is 11.1. The van der Waals surface area contributed by atoms with Gasteiger partial charge in [0, 0.05) is 0 Å². The Morgan fingerprint density at radius 2 is 2.06 bits per heavy atom. The molecule has 1 aliphatic carbocycles. The molecule has 2 rings (SSSR count). The van der Waals surface area contributed by atoms with Gasteiger partial charge < -0.3 is 5.32 Å². The van der Waals surface area contributed by atoms with Gasteiger partial charge in [0.05, 0.1) is 11.6 Å². The Kier molecular flexibility index (Phi) is 3.76. The average Bonchev–Trinajstić information content (AvgIpc) is 2.80. The van der Waals surface area contributed by atoms with Gasteiger partial charge in [0.2, 0.25) is 0 Å². The molecular weight excluding hydrogens is 214 g/mol. The summed E-state index contributed by atoms with van der Waals surface area (Å²) >= 11 is 0. The predicted molar refractivity (Wildman–Crippen MR) is 66.6 cm³/mol. The number of tetrazole rings is 1. The van der Waals surface area contributed by atoms with E-state index in [1.165, 1.54) is 32.1 Å². The topological polar surface area (TPSA) is 55.6 Å². The molecule has 1 N–H and O–H groups in total. The SMILES string of the molecule is CCNC(C)c1nnnn1C1(C)CCCCC1. The number of nitrogens with one attached hydrogen (secondary N) is 1. The third kappa shape index (κ3) is 2.49. The summed E-state index contributed by atoms with van der Waals surface area (Å²) in [4.78, 5) is 0. The molecule has 1 aliphatic rings. The van der Waals surface area contributed by atoms with Gasteiger partial charge in [-0.15, -0.1) is 5.10 Å². The van der Waals surface area contributed by atoms with Crippen LogP contribution in [0, 0.1) is 0 Å². The molecule has 5 nitrogen and oxygen atoms in total. The van der Waals surface area contributed by atoms with E-state index in [-0.39, 0.29) is 11.6 Å². The molecule has 0 amide bonds. The maximum Gasteiger partial charge on any atom is 0.168 e. The molecule has 1 aromatic heterocycles. The lowest BCUT2D eigenvalue weighted by molar-refractivity contribution is 0.185. The third-order valence-corrected chi connectivity index (χ3v) is 3.83. The lowest BCUT2D eigenvalue weighted by Gasteiger charge is -2.34. The van der Waals surface area contributed by atoms with Gasteiger partial charge in [-0.2, -0.15) is 0 Å². The van der Waals surface area contributed by atoms with E-state index in [1.807, 2.05) is 0 Å². The second kappa shape index (κ2) is 5.12. The van der Waals surface area contributed by atoms with Crippen LogP contribution in [0.1, 0.15) is 64.7 Å². The highest BCUT2D eigenvalue weighted by molar-refractivity contribution is 4.97. The monoisotopic (exact) mass is 237 g/mol. The van der Waals surface area contributed by atoms with Gasteiger partial charge in [-0.05, 0) is 43.7 Å². The van der Waals surface area contributed by atoms with Crippen LogP contribution in [0.15, 0.2) is 0 Å². The lowest BCUT2D eigenvalue weighted by atomic mass is 9.83. The molecule has 0 radical (unpaired) electrons. The Labute approximate surface area is 103 Å². The van der Waals surface area contributed by atoms with Crippen LogP contribution in [0.2, 0.25) is 0 Å². The molecular formula is C12H23N5. The third-order valence-electron chi connectivity index (χ3n) is 3.83. The molecule has 1 aromatic rings. The fourth-order valence-electron chi connectivity index (χ4n) is 2.77. The maximum atomic E-state index is 4.23. The first-order chi connectivity index (χ1) is 8.17. The van der Waals surface area contributed by atoms with Gasteiger partial charge in [0.25, 0.3) is 0 Å². The molecule has 1 heterocycles. The van der Waals surface area contributed by atoms with E-state index < -0.39 is 0 Å². The summed E-state index contributed by atoms with van der Waals surface area (Å²) in [7, 11) is 0. The molecule has 0 bridgehead atoms. The molecule has 5 heteroatoms. The van der Waals surface area contributed by atoms with Crippen LogP contribution < -0.4 is 5.32 Å². The number of hydrogen-bond acceptors (Lipinski definition) is 4. The number of aromatic nitrogens is 4. The second-order valence-corrected chi connectivity index (χ2v) is 5.29. The van der Waals surface area contributed by atoms with Crippen LogP contribution in [-0.4, -0.2) is 26.8 Å². The van der Waals surface area contributed by atoms with Crippen LogP contribution in [0.3, 0.4) is 0 Å². The number of hydrogen-bond donors (Lipinski definition) is 1. The quantitative estimate of drug-likeness (QED) is 0.870. The minimum atomic E-state index is 0.112. The molecule has 0 aromatic carbocycles. The predicted octanol–water partition coefficient (Wildman–Crippen LogP) is 2.02. The Hall–Kier alpha value is -0.970. The highest BCUT2D eigenvalue weighted by Crippen LogP contribution is 2.35. The van der Waals surface area contributed by atoms with Gasteiger partial charge in [0.15, 0.2) is 5.82 Å². The summed E-state index contributed by atoms with van der Waals surface area (Å²) in [6.07, 6.45) is 6.28. The van der Waals surface area contributed by atoms with Crippen molar-refractivity contribution in [2.45, 2.75) is 64.5 Å². The van der Waals surface area contributed by atoms with Crippen molar-refractivity contribution in [2.75, 3.05) is 6.54 Å². The maximum absolute atomic E-state index is 4.23. The van der Waals surface area contributed by atoms with Crippen molar-refractivity contribution >= 4 is 0 Å². The average molecular weight is 237 g/mol. The van der Waals surface area contributed by atoms with Crippen LogP contribution >= 0.6 is 0 Å². The molecule has 17 heavy (non-hydrogen) atoms. The van der Waals surface area contributed by atoms with Crippen LogP contribution in [0.4, 0.5) is 0 Å². The van der Waals surface area contributed by atoms with E-state index >= 15 is 0 Å². The van der Waals surface area contributed by atoms with Crippen molar-refractivity contribution < 1.29 is 0 Å². The smallest absolute Gasteiger partial charge is 0.168 e. The molecule has 0 aliphatic heterocycles. The van der Waals surface area contributed by atoms with E-state index in [0.717, 1.165) is 12.4 Å². The van der Waals surface area contributed by atoms with Crippen LogP contribution in [-0.2, 0) is 5.54 Å². The minimum absolute atomic E-state index is 0.112. The van der Waals surface area contributed by atoms with Gasteiger partial charge in [-0.25, -0.2) is 4.68 Å². The van der Waals surface area contributed by atoms with Gasteiger partial charge >= 0.3 is 0 Å². The van der Waals surface area contributed by atoms with Gasteiger partial charge in [-0.3, -0.25) is 0 Å². The van der Waals surface area contributed by atoms with Crippen molar-refractivity contribution in [3.8, 4) is 0 Å². The molecule has 1 atom stereocenters. The molecule has 0 saturated heterocycles. The van der Waals surface area contributed by atoms with E-state index in [9.17, 15) is 0 Å². The summed E-state index contributed by atoms with van der Waals surface area (Å²) in [5, 5.41) is 15.7. The zero-order chi connectivity index (χ0) is 12.3. The van der Waals surface area contributed by atoms with Crippen molar-refractivity contribution in [1.29, 1.82) is 0 Å². The number of nitrogens with zero attached hydrogens (tertiary/aromatic N) is 4. The summed E-state index contributed by atoms with van der Waals surface area (Å²) in [5.41, 5.74) is 0.112. The second-order valence-electron chi connectivity index (χ2n) is 5.29. The number of rotatable bonds is 4. The Morgan fingerprint density at radius 1 is 1.35 bits per heavy atom. The first kappa shape index (κ1) is 12.5. The molecule has 0 spiro atoms. The summed E-state index contributed by atoms with van der Waals surface area (Å²) < 4.78 is 2.06. The largest absolute Gasteiger partial charge is 0.308 e. The van der Waals surface area contributed by atoms with Crippen LogP contribution in [0.25, 0.3) is 0 Å². The van der Waals surface area contributed by atoms with Crippen LogP contribution in [0.5, 0.6) is 0 Å². The lowest BCUT2D eigenvalue weighted by Crippen LogP contribution is -2.37. The van der Waals surface area contributed by atoms with E-state index in [0.29, 0.717) is 0 Å². The van der Waals surface area contributed by atoms with Crippen molar-refractivity contribution in [3.63, 3.8) is 0 Å². The fourth-order valence-corrected chi connectivity index (χ4v) is 2.77. The highest BCUT2D eigenvalue weighted by Gasteiger charge is 2.33. The molecule has 1 unspecified atom stereocenters. The Bertz CT molecular complexity index is 354. The molecule has 96 valence electrons. The Balaban J connectivity index is 2.23. The van der Waals surface area contributed by atoms with Crippen molar-refractivity contribution in [2.24, 2.45) is 0 Å². The highest BCUT2D eigenvalue weighted by atomic mass is 15.6. The van der Waals surface area contributed by atoms with E-state index in [4.69, 9.17) is 0 Å². The van der Waals surface area contributed by atoms with Gasteiger partial charge in [-0.1, -0.05) is 26.2 Å². The summed E-state index contributed by atoms with van der Waals surface area (Å²) in [6.45, 7) is 7.44. The summed E-state index contributed by atoms with van der Waals surface area (Å²) in [5.74, 6) is 0.969. The normalized spacial score (nSPS) is 21.4. The zero-order valence-electron chi connectivity index (χ0n) is 11.1. The fraction of sp³-hybridized carbons (Fsp3) is 0.917. The summed E-state index contributed by atoms with van der Waals surface area (Å²) in [6, 6.07) is 0.216.